The summed E-state index contributed by atoms with van der Waals surface area (Å²) in [5.74, 6) is 2.04. The Bertz CT molecular complexity index is 412. The molecule has 1 aromatic rings. The Hall–Kier alpha value is -0.780. The third kappa shape index (κ3) is 5.16. The van der Waals surface area contributed by atoms with Gasteiger partial charge in [-0.15, -0.1) is 0 Å². The molecule has 0 nitrogen and oxygen atoms in total. The number of hydrogen-bond donors (Lipinski definition) is 0. The summed E-state index contributed by atoms with van der Waals surface area (Å²) in [6, 6.07) is 4.79. The molecule has 0 aromatic heterocycles. The minimum Gasteiger partial charge on any atom is -0.0625 e. The van der Waals surface area contributed by atoms with Gasteiger partial charge < -0.3 is 0 Å². The van der Waals surface area contributed by atoms with Crippen LogP contribution in [0.2, 0.25) is 0 Å². The van der Waals surface area contributed by atoms with Crippen molar-refractivity contribution in [1.82, 2.24) is 0 Å². The number of aryl methyl sites for hydroxylation is 3. The molecule has 0 N–H and O–H groups in total. The van der Waals surface area contributed by atoms with Gasteiger partial charge in [0.1, 0.15) is 0 Å². The molecule has 0 spiro atoms. The van der Waals surface area contributed by atoms with Gasteiger partial charge in [0.15, 0.2) is 0 Å². The maximum Gasteiger partial charge on any atom is -0.0279 e. The molecule has 1 aromatic carbocycles. The lowest BCUT2D eigenvalue weighted by Gasteiger charge is -2.26. The molecule has 0 bridgehead atoms. The van der Waals surface area contributed by atoms with E-state index in [0.717, 1.165) is 11.8 Å². The second-order valence-corrected chi connectivity index (χ2v) is 7.58. The Balaban J connectivity index is 1.64. The van der Waals surface area contributed by atoms with Crippen molar-refractivity contribution in [2.24, 2.45) is 11.8 Å². The fourth-order valence-corrected chi connectivity index (χ4v) is 3.83. The Morgan fingerprint density at radius 1 is 0.857 bits per heavy atom. The Morgan fingerprint density at radius 3 is 2.10 bits per heavy atom. The van der Waals surface area contributed by atoms with Crippen LogP contribution in [-0.4, -0.2) is 0 Å². The van der Waals surface area contributed by atoms with Crippen LogP contribution in [0.25, 0.3) is 0 Å². The minimum atomic E-state index is 0.995. The molecule has 1 aliphatic rings. The highest BCUT2D eigenvalue weighted by Gasteiger charge is 2.17. The molecule has 0 unspecified atom stereocenters. The Morgan fingerprint density at radius 2 is 1.48 bits per heavy atom. The molecule has 0 radical (unpaired) electrons. The quantitative estimate of drug-likeness (QED) is 0.521. The van der Waals surface area contributed by atoms with Gasteiger partial charge in [-0.25, -0.2) is 0 Å². The fraction of sp³-hybridized carbons (Fsp3) is 0.714. The summed E-state index contributed by atoms with van der Waals surface area (Å²) in [5.41, 5.74) is 5.93. The number of benzene rings is 1. The maximum atomic E-state index is 2.42. The first-order valence-corrected chi connectivity index (χ1v) is 9.13. The monoisotopic (exact) mass is 286 g/mol. The van der Waals surface area contributed by atoms with Crippen LogP contribution in [0, 0.1) is 32.6 Å². The third-order valence-electron chi connectivity index (χ3n) is 5.70. The predicted molar refractivity (Wildman–Crippen MR) is 93.9 cm³/mol. The number of hydrogen-bond acceptors (Lipinski definition) is 0. The van der Waals surface area contributed by atoms with E-state index in [9.17, 15) is 0 Å². The summed E-state index contributed by atoms with van der Waals surface area (Å²) in [5, 5.41) is 0. The molecule has 0 amide bonds. The van der Waals surface area contributed by atoms with E-state index in [1.54, 1.807) is 5.56 Å². The predicted octanol–water partition coefficient (Wildman–Crippen LogP) is 6.54. The lowest BCUT2D eigenvalue weighted by Crippen LogP contribution is -2.12. The van der Waals surface area contributed by atoms with Crippen molar-refractivity contribution in [1.29, 1.82) is 0 Å². The van der Waals surface area contributed by atoms with Crippen molar-refractivity contribution < 1.29 is 0 Å². The SMILES string of the molecule is Cc1cc(CCCCCC2CCC(C)CC2)cc(C)c1C. The fourth-order valence-electron chi connectivity index (χ4n) is 3.83. The average Bonchev–Trinajstić information content (AvgIpc) is 2.46. The molecule has 0 atom stereocenters. The first-order valence-electron chi connectivity index (χ1n) is 9.13. The molecule has 2 rings (SSSR count). The average molecular weight is 287 g/mol. The molecule has 0 heterocycles. The zero-order valence-corrected chi connectivity index (χ0v) is 14.7. The van der Waals surface area contributed by atoms with Gasteiger partial charge in [0.2, 0.25) is 0 Å². The highest BCUT2D eigenvalue weighted by Crippen LogP contribution is 2.31. The largest absolute Gasteiger partial charge is 0.0625 e. The summed E-state index contributed by atoms with van der Waals surface area (Å²) < 4.78 is 0. The van der Waals surface area contributed by atoms with Crippen molar-refractivity contribution in [3.05, 3.63) is 34.4 Å². The second-order valence-electron chi connectivity index (χ2n) is 7.58. The molecular weight excluding hydrogens is 252 g/mol. The molecule has 0 heteroatoms. The zero-order chi connectivity index (χ0) is 15.2. The van der Waals surface area contributed by atoms with Crippen LogP contribution in [0.1, 0.15) is 80.5 Å². The molecule has 1 saturated carbocycles. The molecule has 118 valence electrons. The molecule has 0 aliphatic heterocycles. The van der Waals surface area contributed by atoms with E-state index in [1.807, 2.05) is 0 Å². The summed E-state index contributed by atoms with van der Waals surface area (Å²) in [4.78, 5) is 0. The smallest absolute Gasteiger partial charge is 0.0279 e. The van der Waals surface area contributed by atoms with Gasteiger partial charge >= 0.3 is 0 Å². The lowest BCUT2D eigenvalue weighted by molar-refractivity contribution is 0.271. The highest BCUT2D eigenvalue weighted by atomic mass is 14.2. The first-order chi connectivity index (χ1) is 10.1. The van der Waals surface area contributed by atoms with E-state index in [4.69, 9.17) is 0 Å². The van der Waals surface area contributed by atoms with Crippen LogP contribution >= 0.6 is 0 Å². The van der Waals surface area contributed by atoms with E-state index in [1.165, 1.54) is 74.5 Å². The van der Waals surface area contributed by atoms with Gasteiger partial charge in [0.05, 0.1) is 0 Å². The maximum absolute atomic E-state index is 2.42. The standard InChI is InChI=1S/C21H34/c1-16-10-12-20(13-11-16)8-6-5-7-9-21-14-17(2)19(4)18(3)15-21/h14-16,20H,5-13H2,1-4H3. The molecular formula is C21H34. The molecule has 1 fully saturated rings. The molecule has 1 aliphatic carbocycles. The van der Waals surface area contributed by atoms with E-state index in [0.29, 0.717) is 0 Å². The lowest BCUT2D eigenvalue weighted by atomic mass is 9.80. The van der Waals surface area contributed by atoms with Crippen molar-refractivity contribution in [2.75, 3.05) is 0 Å². The van der Waals surface area contributed by atoms with E-state index in [-0.39, 0.29) is 0 Å². The molecule has 0 saturated heterocycles. The Labute approximate surface area is 132 Å². The van der Waals surface area contributed by atoms with Crippen LogP contribution in [0.15, 0.2) is 12.1 Å². The third-order valence-corrected chi connectivity index (χ3v) is 5.70. The summed E-state index contributed by atoms with van der Waals surface area (Å²) in [6.45, 7) is 9.15. The van der Waals surface area contributed by atoms with Crippen LogP contribution in [-0.2, 0) is 6.42 Å². The second kappa shape index (κ2) is 8.01. The Kier molecular flexibility index (Phi) is 6.33. The van der Waals surface area contributed by atoms with Gasteiger partial charge in [0.25, 0.3) is 0 Å². The first kappa shape index (κ1) is 16.6. The van der Waals surface area contributed by atoms with Gasteiger partial charge in [-0.2, -0.15) is 0 Å². The van der Waals surface area contributed by atoms with Gasteiger partial charge in [-0.1, -0.05) is 64.0 Å². The van der Waals surface area contributed by atoms with Crippen molar-refractivity contribution >= 4 is 0 Å². The van der Waals surface area contributed by atoms with Gasteiger partial charge in [-0.05, 0) is 67.7 Å². The van der Waals surface area contributed by atoms with E-state index >= 15 is 0 Å². The summed E-state index contributed by atoms with van der Waals surface area (Å²) in [6.07, 6.45) is 12.9. The minimum absolute atomic E-state index is 0.995. The highest BCUT2D eigenvalue weighted by molar-refractivity contribution is 5.36. The number of rotatable bonds is 6. The van der Waals surface area contributed by atoms with Crippen molar-refractivity contribution in [3.63, 3.8) is 0 Å². The van der Waals surface area contributed by atoms with Crippen molar-refractivity contribution in [3.8, 4) is 0 Å². The van der Waals surface area contributed by atoms with Gasteiger partial charge in [0, 0.05) is 0 Å². The van der Waals surface area contributed by atoms with Crippen LogP contribution in [0.3, 0.4) is 0 Å². The van der Waals surface area contributed by atoms with Crippen LogP contribution in [0.5, 0.6) is 0 Å². The van der Waals surface area contributed by atoms with Crippen LogP contribution < -0.4 is 0 Å². The normalized spacial score (nSPS) is 22.5. The van der Waals surface area contributed by atoms with E-state index < -0.39 is 0 Å². The topological polar surface area (TPSA) is 0 Å². The number of unbranched alkanes of at least 4 members (excludes halogenated alkanes) is 2. The summed E-state index contributed by atoms with van der Waals surface area (Å²) >= 11 is 0. The van der Waals surface area contributed by atoms with Gasteiger partial charge in [-0.3, -0.25) is 0 Å². The zero-order valence-electron chi connectivity index (χ0n) is 14.7. The van der Waals surface area contributed by atoms with E-state index in [2.05, 4.69) is 39.8 Å². The molecule has 21 heavy (non-hydrogen) atoms. The summed E-state index contributed by atoms with van der Waals surface area (Å²) in [7, 11) is 0. The van der Waals surface area contributed by atoms with Crippen molar-refractivity contribution in [2.45, 2.75) is 85.5 Å². The van der Waals surface area contributed by atoms with Crippen LogP contribution in [0.4, 0.5) is 0 Å².